The number of aromatic amines is 1. The fraction of sp³-hybridized carbons (Fsp3) is 0.158. The number of nitrogens with one attached hydrogen (secondary N) is 1. The van der Waals surface area contributed by atoms with E-state index in [4.69, 9.17) is 5.73 Å². The highest BCUT2D eigenvalue weighted by Gasteiger charge is 2.39. The number of hydrogen-bond acceptors (Lipinski definition) is 2. The largest absolute Gasteiger partial charge is 0.368 e. The van der Waals surface area contributed by atoms with Gasteiger partial charge in [0.05, 0.1) is 6.04 Å². The summed E-state index contributed by atoms with van der Waals surface area (Å²) in [6.07, 6.45) is 0. The minimum atomic E-state index is -0.515. The van der Waals surface area contributed by atoms with Crippen LogP contribution in [0.3, 0.4) is 0 Å². The van der Waals surface area contributed by atoms with Crippen LogP contribution in [0, 0.1) is 6.92 Å². The highest BCUT2D eigenvalue weighted by atomic mass is 16.2. The van der Waals surface area contributed by atoms with Crippen LogP contribution >= 0.6 is 0 Å². The lowest BCUT2D eigenvalue weighted by molar-refractivity contribution is -0.118. The molecule has 3 N–H and O–H groups in total. The Bertz CT molecular complexity index is 974. The lowest BCUT2D eigenvalue weighted by Gasteiger charge is -2.25. The molecule has 0 fully saturated rings. The van der Waals surface area contributed by atoms with Gasteiger partial charge < -0.3 is 15.6 Å². The third-order valence-corrected chi connectivity index (χ3v) is 4.60. The van der Waals surface area contributed by atoms with Gasteiger partial charge in [0.25, 0.3) is 5.91 Å². The maximum absolute atomic E-state index is 12.8. The van der Waals surface area contributed by atoms with Gasteiger partial charge in [0.15, 0.2) is 0 Å². The van der Waals surface area contributed by atoms with Crippen molar-refractivity contribution in [3.8, 4) is 0 Å². The van der Waals surface area contributed by atoms with Crippen molar-refractivity contribution >= 4 is 22.7 Å². The molecule has 3 aromatic rings. The van der Waals surface area contributed by atoms with E-state index < -0.39 is 5.91 Å². The number of carbonyl (C=O) groups excluding carboxylic acids is 2. The van der Waals surface area contributed by atoms with Crippen molar-refractivity contribution in [2.75, 3.05) is 6.54 Å². The Hall–Kier alpha value is -3.08. The van der Waals surface area contributed by atoms with Gasteiger partial charge in [-0.1, -0.05) is 36.4 Å². The first kappa shape index (κ1) is 14.5. The predicted molar refractivity (Wildman–Crippen MR) is 91.6 cm³/mol. The number of fused-ring (bicyclic) bond motifs is 2. The van der Waals surface area contributed by atoms with E-state index in [1.807, 2.05) is 49.4 Å². The Labute approximate surface area is 139 Å². The van der Waals surface area contributed by atoms with Gasteiger partial charge in [0, 0.05) is 27.7 Å². The summed E-state index contributed by atoms with van der Waals surface area (Å²) in [4.78, 5) is 29.3. The summed E-state index contributed by atoms with van der Waals surface area (Å²) in [6.45, 7) is 1.89. The summed E-state index contributed by atoms with van der Waals surface area (Å²) in [7, 11) is 0. The number of carbonyl (C=O) groups is 2. The van der Waals surface area contributed by atoms with Crippen LogP contribution in [0.5, 0.6) is 0 Å². The molecule has 1 aliphatic rings. The summed E-state index contributed by atoms with van der Waals surface area (Å²) >= 11 is 0. The molecule has 1 atom stereocenters. The number of aromatic nitrogens is 1. The summed E-state index contributed by atoms with van der Waals surface area (Å²) in [5, 5.41) is 1.05. The van der Waals surface area contributed by atoms with Crippen LogP contribution in [0.25, 0.3) is 10.9 Å². The molecule has 2 heterocycles. The zero-order chi connectivity index (χ0) is 16.8. The van der Waals surface area contributed by atoms with Gasteiger partial charge in [-0.3, -0.25) is 9.59 Å². The van der Waals surface area contributed by atoms with Crippen LogP contribution in [-0.4, -0.2) is 28.2 Å². The summed E-state index contributed by atoms with van der Waals surface area (Å²) in [6, 6.07) is 15.2. The van der Waals surface area contributed by atoms with E-state index in [2.05, 4.69) is 4.98 Å². The van der Waals surface area contributed by atoms with Gasteiger partial charge in [-0.15, -0.1) is 0 Å². The van der Waals surface area contributed by atoms with E-state index in [0.717, 1.165) is 27.7 Å². The number of H-pyrrole nitrogens is 1. The average Bonchev–Trinajstić information content (AvgIpc) is 3.02. The zero-order valence-corrected chi connectivity index (χ0v) is 13.2. The highest BCUT2D eigenvalue weighted by molar-refractivity contribution is 6.02. The van der Waals surface area contributed by atoms with Crippen molar-refractivity contribution in [3.05, 3.63) is 70.9 Å². The van der Waals surface area contributed by atoms with Crippen LogP contribution in [-0.2, 0) is 4.79 Å². The average molecular weight is 319 g/mol. The summed E-state index contributed by atoms with van der Waals surface area (Å²) in [5.41, 5.74) is 9.96. The van der Waals surface area contributed by atoms with E-state index in [-0.39, 0.29) is 18.5 Å². The zero-order valence-electron chi connectivity index (χ0n) is 13.2. The molecule has 5 nitrogen and oxygen atoms in total. The molecule has 5 heteroatoms. The molecule has 1 aromatic heterocycles. The SMILES string of the molecule is Cc1[nH]c2ccccc2c1C1c2ccccc2C(=O)N1CC(N)=O. The quantitative estimate of drug-likeness (QED) is 0.778. The van der Waals surface area contributed by atoms with E-state index in [0.29, 0.717) is 5.56 Å². The molecule has 1 unspecified atom stereocenters. The highest BCUT2D eigenvalue weighted by Crippen LogP contribution is 2.42. The number of nitrogens with two attached hydrogens (primary N) is 1. The second kappa shape index (κ2) is 5.23. The Morgan fingerprint density at radius 1 is 1.17 bits per heavy atom. The van der Waals surface area contributed by atoms with Crippen molar-refractivity contribution in [2.45, 2.75) is 13.0 Å². The van der Waals surface area contributed by atoms with Crippen molar-refractivity contribution < 1.29 is 9.59 Å². The first-order valence-electron chi connectivity index (χ1n) is 7.83. The number of amides is 2. The molecule has 0 saturated carbocycles. The van der Waals surface area contributed by atoms with Crippen LogP contribution < -0.4 is 5.73 Å². The molecule has 0 aliphatic carbocycles. The van der Waals surface area contributed by atoms with Gasteiger partial charge in [0.1, 0.15) is 6.54 Å². The maximum atomic E-state index is 12.8. The van der Waals surface area contributed by atoms with E-state index in [1.165, 1.54) is 0 Å². The lowest BCUT2D eigenvalue weighted by Crippen LogP contribution is -2.37. The molecule has 24 heavy (non-hydrogen) atoms. The number of hydrogen-bond donors (Lipinski definition) is 2. The van der Waals surface area contributed by atoms with Crippen LogP contribution in [0.4, 0.5) is 0 Å². The van der Waals surface area contributed by atoms with Gasteiger partial charge in [0.2, 0.25) is 5.91 Å². The molecule has 0 spiro atoms. The van der Waals surface area contributed by atoms with Crippen molar-refractivity contribution in [3.63, 3.8) is 0 Å². The van der Waals surface area contributed by atoms with E-state index in [9.17, 15) is 9.59 Å². The topological polar surface area (TPSA) is 79.2 Å². The second-order valence-electron chi connectivity index (χ2n) is 6.10. The lowest BCUT2D eigenvalue weighted by atomic mass is 9.95. The first-order chi connectivity index (χ1) is 11.6. The number of para-hydroxylation sites is 1. The van der Waals surface area contributed by atoms with Crippen LogP contribution in [0.2, 0.25) is 0 Å². The van der Waals surface area contributed by atoms with Gasteiger partial charge >= 0.3 is 0 Å². The van der Waals surface area contributed by atoms with E-state index >= 15 is 0 Å². The van der Waals surface area contributed by atoms with Crippen molar-refractivity contribution in [1.29, 1.82) is 0 Å². The van der Waals surface area contributed by atoms with Gasteiger partial charge in [-0.2, -0.15) is 0 Å². The Morgan fingerprint density at radius 2 is 1.88 bits per heavy atom. The number of benzene rings is 2. The van der Waals surface area contributed by atoms with Crippen molar-refractivity contribution in [2.24, 2.45) is 5.73 Å². The molecule has 2 aromatic carbocycles. The van der Waals surface area contributed by atoms with Gasteiger partial charge in [-0.25, -0.2) is 0 Å². The Kier molecular flexibility index (Phi) is 3.16. The third kappa shape index (κ3) is 2.01. The Morgan fingerprint density at radius 3 is 2.67 bits per heavy atom. The molecule has 1 aliphatic heterocycles. The predicted octanol–water partition coefficient (Wildman–Crippen LogP) is 2.51. The molecular weight excluding hydrogens is 302 g/mol. The molecule has 4 rings (SSSR count). The maximum Gasteiger partial charge on any atom is 0.255 e. The fourth-order valence-corrected chi connectivity index (χ4v) is 3.66. The number of primary amides is 1. The van der Waals surface area contributed by atoms with Crippen LogP contribution in [0.1, 0.15) is 33.2 Å². The standard InChI is InChI=1S/C19H17N3O2/c1-11-17(14-8-4-5-9-15(14)21-11)18-12-6-2-3-7-13(12)19(24)22(18)10-16(20)23/h2-9,18,21H,10H2,1H3,(H2,20,23). The van der Waals surface area contributed by atoms with Crippen molar-refractivity contribution in [1.82, 2.24) is 9.88 Å². The molecule has 0 bridgehead atoms. The smallest absolute Gasteiger partial charge is 0.255 e. The minimum absolute atomic E-state index is 0.100. The molecule has 2 amide bonds. The number of aryl methyl sites for hydroxylation is 1. The third-order valence-electron chi connectivity index (χ3n) is 4.60. The fourth-order valence-electron chi connectivity index (χ4n) is 3.66. The van der Waals surface area contributed by atoms with Gasteiger partial charge in [-0.05, 0) is 24.6 Å². The summed E-state index contributed by atoms with van der Waals surface area (Å²) < 4.78 is 0. The number of rotatable bonds is 3. The molecule has 0 radical (unpaired) electrons. The number of nitrogens with zero attached hydrogens (tertiary/aromatic N) is 1. The first-order valence-corrected chi connectivity index (χ1v) is 7.83. The normalized spacial score (nSPS) is 16.6. The Balaban J connectivity index is 1.97. The summed E-state index contributed by atoms with van der Waals surface area (Å²) in [5.74, 6) is -0.669. The minimum Gasteiger partial charge on any atom is -0.368 e. The molecule has 0 saturated heterocycles. The molecular formula is C19H17N3O2. The van der Waals surface area contributed by atoms with E-state index in [1.54, 1.807) is 11.0 Å². The second-order valence-corrected chi connectivity index (χ2v) is 6.10. The van der Waals surface area contributed by atoms with Crippen LogP contribution in [0.15, 0.2) is 48.5 Å². The monoisotopic (exact) mass is 319 g/mol. The molecule has 120 valence electrons.